The van der Waals surface area contributed by atoms with Crippen LogP contribution >= 0.6 is 12.6 Å². The number of thiol groups is 1. The maximum Gasteiger partial charge on any atom is 0.346 e. The summed E-state index contributed by atoms with van der Waals surface area (Å²) in [7, 11) is -3.53. The summed E-state index contributed by atoms with van der Waals surface area (Å²) < 4.78 is 28.2. The molecule has 0 unspecified atom stereocenters. The minimum Gasteiger partial charge on any atom is -0.478 e. The number of sulfonamides is 1. The normalized spacial score (nSPS) is 32.8. The standard InChI is InChI=1S/C10H17N.C8H15NO6S2/c11-10-4-7-1-8(5-10)3-9(2-7)6-10;1-5(4-16)8(12)15-6(7(10)11)3-9-17(2,13)14/h7-9H,1-6,11H2;5-6,9,16H,3-4H2,1-2H3,(H,10,11)/t;5-,6+/m.1/s1. The highest BCUT2D eigenvalue weighted by Gasteiger charge is 2.48. The summed E-state index contributed by atoms with van der Waals surface area (Å²) in [6.07, 6.45) is 7.91. The molecule has 8 nitrogen and oxygen atoms in total. The van der Waals surface area contributed by atoms with E-state index < -0.39 is 40.5 Å². The van der Waals surface area contributed by atoms with Crippen LogP contribution in [0, 0.1) is 23.7 Å². The Morgan fingerprint density at radius 1 is 1.21 bits per heavy atom. The van der Waals surface area contributed by atoms with Crippen molar-refractivity contribution in [3.63, 3.8) is 0 Å². The SMILES string of the molecule is C[C@H](CS)C(=O)O[C@@H](CNS(C)(=O)=O)C(=O)O.NC12CC3CC(CC(C3)C1)C2. The first-order chi connectivity index (χ1) is 12.9. The molecule has 0 aromatic rings. The maximum absolute atomic E-state index is 11.3. The molecule has 0 spiro atoms. The fourth-order valence-electron chi connectivity index (χ4n) is 4.91. The van der Waals surface area contributed by atoms with Gasteiger partial charge in [-0.05, 0) is 56.3 Å². The van der Waals surface area contributed by atoms with Gasteiger partial charge >= 0.3 is 11.9 Å². The topological polar surface area (TPSA) is 136 Å². The van der Waals surface area contributed by atoms with Gasteiger partial charge < -0.3 is 15.6 Å². The minimum absolute atomic E-state index is 0.213. The molecule has 0 saturated heterocycles. The fourth-order valence-corrected chi connectivity index (χ4v) is 5.52. The van der Waals surface area contributed by atoms with Gasteiger partial charge in [-0.2, -0.15) is 12.6 Å². The molecule has 0 aromatic carbocycles. The Balaban J connectivity index is 0.000000215. The Morgan fingerprint density at radius 2 is 1.68 bits per heavy atom. The number of hydrogen-bond acceptors (Lipinski definition) is 7. The lowest BCUT2D eigenvalue weighted by Gasteiger charge is -2.55. The van der Waals surface area contributed by atoms with Crippen molar-refractivity contribution in [3.05, 3.63) is 0 Å². The van der Waals surface area contributed by atoms with E-state index in [0.717, 1.165) is 24.0 Å². The van der Waals surface area contributed by atoms with Crippen molar-refractivity contribution in [2.24, 2.45) is 29.4 Å². The van der Waals surface area contributed by atoms with Crippen LogP contribution in [0.15, 0.2) is 0 Å². The highest BCUT2D eigenvalue weighted by atomic mass is 32.2. The van der Waals surface area contributed by atoms with E-state index >= 15 is 0 Å². The Morgan fingerprint density at radius 3 is 2.00 bits per heavy atom. The van der Waals surface area contributed by atoms with Crippen LogP contribution in [0.25, 0.3) is 0 Å². The van der Waals surface area contributed by atoms with Crippen LogP contribution < -0.4 is 10.5 Å². The van der Waals surface area contributed by atoms with Crippen LogP contribution in [0.4, 0.5) is 0 Å². The van der Waals surface area contributed by atoms with Gasteiger partial charge in [-0.3, -0.25) is 4.79 Å². The van der Waals surface area contributed by atoms with Crippen molar-refractivity contribution in [2.75, 3.05) is 18.6 Å². The lowest BCUT2D eigenvalue weighted by Crippen LogP contribution is -2.55. The first kappa shape index (κ1) is 23.4. The van der Waals surface area contributed by atoms with Gasteiger partial charge in [-0.15, -0.1) is 0 Å². The molecule has 4 aliphatic carbocycles. The molecule has 0 amide bonds. The molecule has 4 rings (SSSR count). The van der Waals surface area contributed by atoms with Crippen molar-refractivity contribution >= 4 is 34.6 Å². The molecule has 0 aliphatic heterocycles. The molecule has 0 aromatic heterocycles. The quantitative estimate of drug-likeness (QED) is 0.345. The van der Waals surface area contributed by atoms with E-state index in [1.54, 1.807) is 0 Å². The number of nitrogens with two attached hydrogens (primary N) is 1. The Bertz CT molecular complexity index is 646. The van der Waals surface area contributed by atoms with Crippen molar-refractivity contribution < 1.29 is 27.9 Å². The van der Waals surface area contributed by atoms with E-state index in [2.05, 4.69) is 17.4 Å². The second-order valence-corrected chi connectivity index (χ2v) is 10.9. The molecule has 4 saturated carbocycles. The monoisotopic (exact) mass is 436 g/mol. The van der Waals surface area contributed by atoms with Crippen molar-refractivity contribution in [1.82, 2.24) is 4.72 Å². The summed E-state index contributed by atoms with van der Waals surface area (Å²) in [5.74, 6) is 0.566. The van der Waals surface area contributed by atoms with Crippen LogP contribution in [0.1, 0.15) is 45.4 Å². The smallest absolute Gasteiger partial charge is 0.346 e. The van der Waals surface area contributed by atoms with E-state index in [1.165, 1.54) is 45.4 Å². The first-order valence-corrected chi connectivity index (χ1v) is 12.2. The van der Waals surface area contributed by atoms with Crippen LogP contribution in [0.5, 0.6) is 0 Å². The Hall–Kier alpha value is -0.840. The van der Waals surface area contributed by atoms with E-state index in [1.807, 2.05) is 4.72 Å². The summed E-state index contributed by atoms with van der Waals surface area (Å²) in [6, 6.07) is 0. The summed E-state index contributed by atoms with van der Waals surface area (Å²) >= 11 is 3.87. The Labute approximate surface area is 172 Å². The third kappa shape index (κ3) is 6.89. The summed E-state index contributed by atoms with van der Waals surface area (Å²) in [4.78, 5) is 22.0. The number of carboxylic acids is 1. The molecular formula is C18H32N2O6S2. The van der Waals surface area contributed by atoms with Crippen molar-refractivity contribution in [2.45, 2.75) is 57.1 Å². The number of esters is 1. The number of aliphatic carboxylic acids is 1. The zero-order valence-electron chi connectivity index (χ0n) is 16.5. The molecule has 4 aliphatic rings. The second kappa shape index (κ2) is 9.32. The molecule has 28 heavy (non-hydrogen) atoms. The summed E-state index contributed by atoms with van der Waals surface area (Å²) in [5.41, 5.74) is 6.62. The zero-order chi connectivity index (χ0) is 21.1. The fraction of sp³-hybridized carbons (Fsp3) is 0.889. The van der Waals surface area contributed by atoms with Crippen molar-refractivity contribution in [1.29, 1.82) is 0 Å². The lowest BCUT2D eigenvalue weighted by atomic mass is 9.53. The van der Waals surface area contributed by atoms with Crippen LogP contribution in [-0.4, -0.2) is 55.7 Å². The highest BCUT2D eigenvalue weighted by Crippen LogP contribution is 2.54. The first-order valence-electron chi connectivity index (χ1n) is 9.68. The number of carboxylic acid groups (broad SMARTS) is 1. The Kier molecular flexibility index (Phi) is 7.80. The molecular weight excluding hydrogens is 404 g/mol. The number of ether oxygens (including phenoxy) is 1. The summed E-state index contributed by atoms with van der Waals surface area (Å²) in [5, 5.41) is 8.74. The maximum atomic E-state index is 11.3. The lowest BCUT2D eigenvalue weighted by molar-refractivity contribution is -0.165. The van der Waals surface area contributed by atoms with E-state index in [0.29, 0.717) is 5.54 Å². The molecule has 4 bridgehead atoms. The molecule has 10 heteroatoms. The number of carbonyl (C=O) groups excluding carboxylic acids is 1. The van der Waals surface area contributed by atoms with Gasteiger partial charge in [0.15, 0.2) is 0 Å². The molecule has 0 heterocycles. The van der Waals surface area contributed by atoms with E-state index in [-0.39, 0.29) is 5.75 Å². The second-order valence-electron chi connectivity index (χ2n) is 8.75. The predicted octanol–water partition coefficient (Wildman–Crippen LogP) is 1.01. The predicted molar refractivity (Wildman–Crippen MR) is 108 cm³/mol. The zero-order valence-corrected chi connectivity index (χ0v) is 18.2. The van der Waals surface area contributed by atoms with Gasteiger partial charge in [0.1, 0.15) is 0 Å². The summed E-state index contributed by atoms with van der Waals surface area (Å²) in [6.45, 7) is 1.03. The molecule has 0 radical (unpaired) electrons. The largest absolute Gasteiger partial charge is 0.478 e. The van der Waals surface area contributed by atoms with E-state index in [9.17, 15) is 18.0 Å². The molecule has 4 fully saturated rings. The number of carbonyl (C=O) groups is 2. The van der Waals surface area contributed by atoms with Crippen molar-refractivity contribution in [3.8, 4) is 0 Å². The minimum atomic E-state index is -3.53. The third-order valence-corrected chi connectivity index (χ3v) is 7.07. The average Bonchev–Trinajstić information content (AvgIpc) is 2.54. The molecule has 4 N–H and O–H groups in total. The number of hydrogen-bond donors (Lipinski definition) is 4. The van der Waals surface area contributed by atoms with Gasteiger partial charge in [-0.1, -0.05) is 6.92 Å². The average molecular weight is 437 g/mol. The molecule has 2 atom stereocenters. The van der Waals surface area contributed by atoms with E-state index in [4.69, 9.17) is 10.8 Å². The van der Waals surface area contributed by atoms with Crippen LogP contribution in [0.2, 0.25) is 0 Å². The van der Waals surface area contributed by atoms with Gasteiger partial charge in [0.05, 0.1) is 18.7 Å². The van der Waals surface area contributed by atoms with Gasteiger partial charge in [0.25, 0.3) is 0 Å². The highest BCUT2D eigenvalue weighted by molar-refractivity contribution is 7.88. The van der Waals surface area contributed by atoms with Crippen LogP contribution in [0.3, 0.4) is 0 Å². The number of nitrogens with one attached hydrogen (secondary N) is 1. The van der Waals surface area contributed by atoms with Crippen LogP contribution in [-0.2, 0) is 24.3 Å². The number of rotatable bonds is 7. The van der Waals surface area contributed by atoms with Gasteiger partial charge in [0, 0.05) is 11.3 Å². The van der Waals surface area contributed by atoms with Gasteiger partial charge in [0.2, 0.25) is 16.1 Å². The third-order valence-electron chi connectivity index (χ3n) is 5.83. The molecule has 162 valence electrons. The van der Waals surface area contributed by atoms with Gasteiger partial charge in [-0.25, -0.2) is 17.9 Å².